The second kappa shape index (κ2) is 11.8. The van der Waals surface area contributed by atoms with E-state index in [9.17, 15) is 0 Å². The molecular formula is C9H19Cl. The van der Waals surface area contributed by atoms with Crippen LogP contribution in [0.3, 0.4) is 0 Å². The second-order valence-corrected chi connectivity index (χ2v) is 2.38. The molecule has 0 aliphatic rings. The van der Waals surface area contributed by atoms with Crippen LogP contribution in [-0.2, 0) is 0 Å². The summed E-state index contributed by atoms with van der Waals surface area (Å²) >= 11 is 0. The third kappa shape index (κ3) is 10.9. The molecule has 0 spiro atoms. The van der Waals surface area contributed by atoms with Crippen molar-refractivity contribution in [3.63, 3.8) is 0 Å². The van der Waals surface area contributed by atoms with Gasteiger partial charge >= 0.3 is 0 Å². The van der Waals surface area contributed by atoms with Crippen LogP contribution in [0.25, 0.3) is 0 Å². The Hall–Kier alpha value is 0.0300. The van der Waals surface area contributed by atoms with Gasteiger partial charge in [0.2, 0.25) is 0 Å². The molecule has 0 fully saturated rings. The van der Waals surface area contributed by atoms with E-state index >= 15 is 0 Å². The molecule has 0 amide bonds. The first-order valence-corrected chi connectivity index (χ1v) is 4.06. The van der Waals surface area contributed by atoms with Crippen molar-refractivity contribution < 1.29 is 0 Å². The third-order valence-electron chi connectivity index (χ3n) is 1.38. The largest absolute Gasteiger partial charge is 0.147 e. The minimum absolute atomic E-state index is 0. The fourth-order valence-corrected chi connectivity index (χ4v) is 0.797. The molecule has 1 heteroatoms. The van der Waals surface area contributed by atoms with E-state index in [-0.39, 0.29) is 12.4 Å². The van der Waals surface area contributed by atoms with E-state index in [0.29, 0.717) is 0 Å². The number of allylic oxidation sites excluding steroid dienone is 2. The van der Waals surface area contributed by atoms with Crippen molar-refractivity contribution in [2.75, 3.05) is 0 Å². The van der Waals surface area contributed by atoms with Crippen LogP contribution in [0.5, 0.6) is 0 Å². The lowest BCUT2D eigenvalue weighted by atomic mass is 10.2. The summed E-state index contributed by atoms with van der Waals surface area (Å²) < 4.78 is 0. The highest BCUT2D eigenvalue weighted by Crippen LogP contribution is 1.99. The summed E-state index contributed by atoms with van der Waals surface area (Å²) in [6.07, 6.45) is 11.1. The molecule has 10 heavy (non-hydrogen) atoms. The maximum absolute atomic E-state index is 2.29. The van der Waals surface area contributed by atoms with Gasteiger partial charge in [0.05, 0.1) is 0 Å². The predicted molar refractivity (Wildman–Crippen MR) is 50.8 cm³/mol. The van der Waals surface area contributed by atoms with E-state index in [2.05, 4.69) is 26.0 Å². The van der Waals surface area contributed by atoms with Gasteiger partial charge in [-0.05, 0) is 19.3 Å². The highest BCUT2D eigenvalue weighted by Gasteiger charge is 1.79. The van der Waals surface area contributed by atoms with Crippen LogP contribution >= 0.6 is 12.4 Å². The molecule has 0 bridgehead atoms. The highest BCUT2D eigenvalue weighted by atomic mass is 35.5. The normalized spacial score (nSPS) is 9.80. The minimum atomic E-state index is 0. The molecule has 62 valence electrons. The molecule has 0 aliphatic heterocycles. The zero-order valence-corrected chi connectivity index (χ0v) is 7.91. The molecule has 0 aromatic heterocycles. The van der Waals surface area contributed by atoms with Gasteiger partial charge < -0.3 is 0 Å². The molecule has 0 radical (unpaired) electrons. The molecule has 0 nitrogen and oxygen atoms in total. The minimum Gasteiger partial charge on any atom is -0.147 e. The zero-order chi connectivity index (χ0) is 6.95. The van der Waals surface area contributed by atoms with E-state index in [4.69, 9.17) is 0 Å². The van der Waals surface area contributed by atoms with Gasteiger partial charge in [-0.2, -0.15) is 0 Å². The molecular weight excluding hydrogens is 144 g/mol. The fraction of sp³-hybridized carbons (Fsp3) is 0.778. The number of halogens is 1. The van der Waals surface area contributed by atoms with Crippen LogP contribution in [0, 0.1) is 0 Å². The zero-order valence-electron chi connectivity index (χ0n) is 7.10. The Balaban J connectivity index is 0. The number of hydrogen-bond acceptors (Lipinski definition) is 0. The van der Waals surface area contributed by atoms with Gasteiger partial charge in [-0.25, -0.2) is 0 Å². The maximum atomic E-state index is 2.29. The summed E-state index contributed by atoms with van der Waals surface area (Å²) in [7, 11) is 0. The SMILES string of the molecule is CCC=CCCCCC.Cl. The topological polar surface area (TPSA) is 0 Å². The van der Waals surface area contributed by atoms with Gasteiger partial charge in [0.1, 0.15) is 0 Å². The average Bonchev–Trinajstić information content (AvgIpc) is 1.89. The molecule has 0 aromatic carbocycles. The van der Waals surface area contributed by atoms with E-state index in [1.807, 2.05) is 0 Å². The smallest absolute Gasteiger partial charge is 0.0351 e. The average molecular weight is 163 g/mol. The van der Waals surface area contributed by atoms with E-state index < -0.39 is 0 Å². The Bertz CT molecular complexity index is 67.1. The highest BCUT2D eigenvalue weighted by molar-refractivity contribution is 5.85. The lowest BCUT2D eigenvalue weighted by Crippen LogP contribution is -1.69. The number of hydrogen-bond donors (Lipinski definition) is 0. The number of rotatable bonds is 5. The quantitative estimate of drug-likeness (QED) is 0.424. The summed E-state index contributed by atoms with van der Waals surface area (Å²) in [6.45, 7) is 4.42. The Labute approximate surface area is 71.1 Å². The van der Waals surface area contributed by atoms with Crippen LogP contribution in [0.1, 0.15) is 46.0 Å². The van der Waals surface area contributed by atoms with Gasteiger partial charge in [-0.15, -0.1) is 12.4 Å². The Morgan fingerprint density at radius 2 is 1.70 bits per heavy atom. The van der Waals surface area contributed by atoms with Gasteiger partial charge in [-0.3, -0.25) is 0 Å². The van der Waals surface area contributed by atoms with E-state index in [1.54, 1.807) is 0 Å². The molecule has 0 aromatic rings. The van der Waals surface area contributed by atoms with Gasteiger partial charge in [-0.1, -0.05) is 38.8 Å². The monoisotopic (exact) mass is 162 g/mol. The Kier molecular flexibility index (Phi) is 14.9. The van der Waals surface area contributed by atoms with Crippen molar-refractivity contribution >= 4 is 12.4 Å². The van der Waals surface area contributed by atoms with Gasteiger partial charge in [0.25, 0.3) is 0 Å². The molecule has 0 rings (SSSR count). The molecule has 0 saturated heterocycles. The van der Waals surface area contributed by atoms with Crippen molar-refractivity contribution in [2.24, 2.45) is 0 Å². The summed E-state index contributed by atoms with van der Waals surface area (Å²) in [5, 5.41) is 0. The Morgan fingerprint density at radius 3 is 2.20 bits per heavy atom. The first kappa shape index (κ1) is 12.7. The lowest BCUT2D eigenvalue weighted by Gasteiger charge is -1.89. The number of unbranched alkanes of at least 4 members (excludes halogenated alkanes) is 3. The summed E-state index contributed by atoms with van der Waals surface area (Å²) in [5.41, 5.74) is 0. The van der Waals surface area contributed by atoms with Crippen LogP contribution in [-0.4, -0.2) is 0 Å². The maximum Gasteiger partial charge on any atom is -0.0351 e. The molecule has 0 saturated carbocycles. The van der Waals surface area contributed by atoms with Crippen molar-refractivity contribution in [2.45, 2.75) is 46.0 Å². The first-order chi connectivity index (χ1) is 4.41. The van der Waals surface area contributed by atoms with Crippen LogP contribution in [0.15, 0.2) is 12.2 Å². The Morgan fingerprint density at radius 1 is 1.00 bits per heavy atom. The van der Waals surface area contributed by atoms with E-state index in [1.165, 1.54) is 32.1 Å². The molecule has 0 N–H and O–H groups in total. The first-order valence-electron chi connectivity index (χ1n) is 4.06. The third-order valence-corrected chi connectivity index (χ3v) is 1.38. The van der Waals surface area contributed by atoms with E-state index in [0.717, 1.165) is 0 Å². The molecule has 0 heterocycles. The summed E-state index contributed by atoms with van der Waals surface area (Å²) in [6, 6.07) is 0. The van der Waals surface area contributed by atoms with Crippen molar-refractivity contribution in [1.82, 2.24) is 0 Å². The summed E-state index contributed by atoms with van der Waals surface area (Å²) in [4.78, 5) is 0. The fourth-order valence-electron chi connectivity index (χ4n) is 0.797. The van der Waals surface area contributed by atoms with Gasteiger partial charge in [0.15, 0.2) is 0 Å². The molecule has 0 unspecified atom stereocenters. The second-order valence-electron chi connectivity index (χ2n) is 2.38. The summed E-state index contributed by atoms with van der Waals surface area (Å²) in [5.74, 6) is 0. The van der Waals surface area contributed by atoms with Crippen molar-refractivity contribution in [3.8, 4) is 0 Å². The molecule has 0 aliphatic carbocycles. The van der Waals surface area contributed by atoms with Crippen LogP contribution < -0.4 is 0 Å². The van der Waals surface area contributed by atoms with Gasteiger partial charge in [0, 0.05) is 0 Å². The van der Waals surface area contributed by atoms with Crippen LogP contribution in [0.4, 0.5) is 0 Å². The lowest BCUT2D eigenvalue weighted by molar-refractivity contribution is 0.728. The van der Waals surface area contributed by atoms with Crippen molar-refractivity contribution in [3.05, 3.63) is 12.2 Å². The standard InChI is InChI=1S/C9H18.ClH/c1-3-5-7-9-8-6-4-2;/h5,7H,3-4,6,8-9H2,1-2H3;1H. The van der Waals surface area contributed by atoms with Crippen LogP contribution in [0.2, 0.25) is 0 Å². The molecule has 0 atom stereocenters. The predicted octanol–water partition coefficient (Wildman–Crippen LogP) is 3.95. The van der Waals surface area contributed by atoms with Crippen molar-refractivity contribution in [1.29, 1.82) is 0 Å².